The molecule has 0 saturated heterocycles. The van der Waals surface area contributed by atoms with Crippen LogP contribution in [0.1, 0.15) is 39.0 Å². The van der Waals surface area contributed by atoms with E-state index in [4.69, 9.17) is 0 Å². The van der Waals surface area contributed by atoms with Crippen LogP contribution in [0.5, 0.6) is 0 Å². The Morgan fingerprint density at radius 2 is 1.96 bits per heavy atom. The van der Waals surface area contributed by atoms with Gasteiger partial charge in [-0.15, -0.1) is 0 Å². The van der Waals surface area contributed by atoms with E-state index in [1.54, 1.807) is 0 Å². The fourth-order valence-electron chi connectivity index (χ4n) is 2.92. The first-order chi connectivity index (χ1) is 10.8. The Morgan fingerprint density at radius 1 is 1.22 bits per heavy atom. The Morgan fingerprint density at radius 3 is 2.61 bits per heavy atom. The minimum absolute atomic E-state index is 0.105. The van der Waals surface area contributed by atoms with Crippen molar-refractivity contribution in [3.05, 3.63) is 28.3 Å². The Hall–Kier alpha value is -1.67. The summed E-state index contributed by atoms with van der Waals surface area (Å²) in [5.74, 6) is 0.680. The number of nitrogens with zero attached hydrogens (tertiary/aromatic N) is 1. The van der Waals surface area contributed by atoms with Crippen molar-refractivity contribution in [2.24, 2.45) is 5.92 Å². The highest BCUT2D eigenvalue weighted by molar-refractivity contribution is 7.89. The first-order valence-electron chi connectivity index (χ1n) is 7.82. The van der Waals surface area contributed by atoms with E-state index in [2.05, 4.69) is 17.0 Å². The summed E-state index contributed by atoms with van der Waals surface area (Å²) in [5, 5.41) is 14.5. The van der Waals surface area contributed by atoms with Crippen LogP contribution in [0.2, 0.25) is 0 Å². The van der Waals surface area contributed by atoms with E-state index in [0.717, 1.165) is 31.7 Å². The van der Waals surface area contributed by atoms with Crippen molar-refractivity contribution in [1.82, 2.24) is 4.72 Å². The molecule has 7 nitrogen and oxygen atoms in total. The van der Waals surface area contributed by atoms with Crippen LogP contribution in [0.15, 0.2) is 23.1 Å². The number of sulfonamides is 1. The Kier molecular flexibility index (Phi) is 5.59. The van der Waals surface area contributed by atoms with Gasteiger partial charge in [-0.25, -0.2) is 13.1 Å². The number of benzene rings is 1. The molecule has 0 aliphatic heterocycles. The van der Waals surface area contributed by atoms with Crippen molar-refractivity contribution >= 4 is 21.4 Å². The van der Waals surface area contributed by atoms with Crippen LogP contribution in [0.4, 0.5) is 11.4 Å². The van der Waals surface area contributed by atoms with Gasteiger partial charge in [-0.1, -0.05) is 19.8 Å². The molecule has 1 saturated carbocycles. The lowest BCUT2D eigenvalue weighted by molar-refractivity contribution is -0.384. The average molecular weight is 341 g/mol. The predicted molar refractivity (Wildman–Crippen MR) is 89.0 cm³/mol. The standard InChI is InChI=1S/C15H23N3O4S/c1-11-4-3-5-12(7-6-11)17-14-9-8-13(23(21,22)16-2)10-15(14)18(19)20/h8-12,16-17H,3-7H2,1-2H3. The molecule has 1 aliphatic rings. The highest BCUT2D eigenvalue weighted by Gasteiger charge is 2.23. The molecule has 128 valence electrons. The molecule has 23 heavy (non-hydrogen) atoms. The van der Waals surface area contributed by atoms with Gasteiger partial charge in [0.05, 0.1) is 9.82 Å². The minimum atomic E-state index is -3.70. The highest BCUT2D eigenvalue weighted by Crippen LogP contribution is 2.31. The van der Waals surface area contributed by atoms with E-state index < -0.39 is 14.9 Å². The third-order valence-corrected chi connectivity index (χ3v) is 5.77. The molecule has 2 N–H and O–H groups in total. The van der Waals surface area contributed by atoms with Crippen LogP contribution in [0.3, 0.4) is 0 Å². The number of hydrogen-bond donors (Lipinski definition) is 2. The number of hydrogen-bond acceptors (Lipinski definition) is 5. The molecule has 0 aromatic heterocycles. The highest BCUT2D eigenvalue weighted by atomic mass is 32.2. The van der Waals surface area contributed by atoms with Crippen LogP contribution in [0, 0.1) is 16.0 Å². The van der Waals surface area contributed by atoms with Crippen molar-refractivity contribution in [2.75, 3.05) is 12.4 Å². The largest absolute Gasteiger partial charge is 0.377 e. The molecule has 1 aromatic rings. The average Bonchev–Trinajstić information content (AvgIpc) is 2.72. The van der Waals surface area contributed by atoms with Gasteiger partial charge >= 0.3 is 0 Å². The molecule has 0 amide bonds. The first kappa shape index (κ1) is 17.7. The van der Waals surface area contributed by atoms with Gasteiger partial charge in [-0.3, -0.25) is 10.1 Å². The quantitative estimate of drug-likeness (QED) is 0.487. The Bertz CT molecular complexity index is 675. The van der Waals surface area contributed by atoms with E-state index in [-0.39, 0.29) is 16.6 Å². The zero-order valence-electron chi connectivity index (χ0n) is 13.4. The van der Waals surface area contributed by atoms with Gasteiger partial charge in [0, 0.05) is 12.1 Å². The predicted octanol–water partition coefficient (Wildman–Crippen LogP) is 2.88. The molecule has 0 spiro atoms. The molecule has 0 bridgehead atoms. The van der Waals surface area contributed by atoms with Crippen LogP contribution < -0.4 is 10.0 Å². The zero-order chi connectivity index (χ0) is 17.0. The molecule has 1 fully saturated rings. The van der Waals surface area contributed by atoms with Crippen molar-refractivity contribution in [3.63, 3.8) is 0 Å². The summed E-state index contributed by atoms with van der Waals surface area (Å²) in [4.78, 5) is 10.7. The summed E-state index contributed by atoms with van der Waals surface area (Å²) in [6, 6.07) is 4.16. The second kappa shape index (κ2) is 7.27. The van der Waals surface area contributed by atoms with Crippen molar-refractivity contribution in [2.45, 2.75) is 50.0 Å². The summed E-state index contributed by atoms with van der Waals surface area (Å²) < 4.78 is 25.8. The molecule has 2 unspecified atom stereocenters. The smallest absolute Gasteiger partial charge is 0.293 e. The maximum atomic E-state index is 11.8. The molecular formula is C15H23N3O4S. The molecule has 1 aliphatic carbocycles. The van der Waals surface area contributed by atoms with Gasteiger partial charge in [0.1, 0.15) is 5.69 Å². The fraction of sp³-hybridized carbons (Fsp3) is 0.600. The van der Waals surface area contributed by atoms with Gasteiger partial charge in [0.25, 0.3) is 5.69 Å². The molecule has 8 heteroatoms. The molecule has 1 aromatic carbocycles. The van der Waals surface area contributed by atoms with E-state index in [0.29, 0.717) is 11.6 Å². The topological polar surface area (TPSA) is 101 Å². The van der Waals surface area contributed by atoms with E-state index in [9.17, 15) is 18.5 Å². The molecule has 2 rings (SSSR count). The van der Waals surface area contributed by atoms with Crippen LogP contribution in [0.25, 0.3) is 0 Å². The van der Waals surface area contributed by atoms with Gasteiger partial charge < -0.3 is 5.32 Å². The van der Waals surface area contributed by atoms with Crippen LogP contribution in [-0.2, 0) is 10.0 Å². The minimum Gasteiger partial charge on any atom is -0.377 e. The maximum Gasteiger partial charge on any atom is 0.293 e. The van der Waals surface area contributed by atoms with Gasteiger partial charge in [0.15, 0.2) is 0 Å². The van der Waals surface area contributed by atoms with E-state index in [1.165, 1.54) is 25.6 Å². The molecule has 0 radical (unpaired) electrons. The summed E-state index contributed by atoms with van der Waals surface area (Å²) in [6.07, 6.45) is 5.31. The SMILES string of the molecule is CNS(=O)(=O)c1ccc(NC2CCCC(C)CC2)c([N+](=O)[O-])c1. The lowest BCUT2D eigenvalue weighted by atomic mass is 10.0. The van der Waals surface area contributed by atoms with E-state index in [1.807, 2.05) is 0 Å². The fourth-order valence-corrected chi connectivity index (χ4v) is 3.67. The lowest BCUT2D eigenvalue weighted by Gasteiger charge is -2.18. The third-order valence-electron chi connectivity index (χ3n) is 4.36. The number of nitro groups is 1. The van der Waals surface area contributed by atoms with Gasteiger partial charge in [-0.05, 0) is 44.4 Å². The molecular weight excluding hydrogens is 318 g/mol. The Balaban J connectivity index is 2.26. The molecule has 0 heterocycles. The summed E-state index contributed by atoms with van der Waals surface area (Å²) in [7, 11) is -2.42. The molecule has 2 atom stereocenters. The zero-order valence-corrected chi connectivity index (χ0v) is 14.2. The summed E-state index contributed by atoms with van der Waals surface area (Å²) >= 11 is 0. The number of nitrogens with one attached hydrogen (secondary N) is 2. The number of anilines is 1. The van der Waals surface area contributed by atoms with E-state index >= 15 is 0 Å². The second-order valence-electron chi connectivity index (χ2n) is 6.10. The lowest BCUT2D eigenvalue weighted by Crippen LogP contribution is -2.21. The number of nitro benzene ring substituents is 1. The monoisotopic (exact) mass is 341 g/mol. The summed E-state index contributed by atoms with van der Waals surface area (Å²) in [6.45, 7) is 2.22. The first-order valence-corrected chi connectivity index (χ1v) is 9.30. The third kappa shape index (κ3) is 4.42. The Labute approximate surface area is 136 Å². The van der Waals surface area contributed by atoms with Crippen molar-refractivity contribution in [1.29, 1.82) is 0 Å². The number of rotatable bonds is 5. The van der Waals surface area contributed by atoms with Crippen LogP contribution >= 0.6 is 0 Å². The van der Waals surface area contributed by atoms with Gasteiger partial charge in [-0.2, -0.15) is 0 Å². The maximum absolute atomic E-state index is 11.8. The van der Waals surface area contributed by atoms with Crippen molar-refractivity contribution < 1.29 is 13.3 Å². The van der Waals surface area contributed by atoms with Crippen molar-refractivity contribution in [3.8, 4) is 0 Å². The summed E-state index contributed by atoms with van der Waals surface area (Å²) in [5.41, 5.74) is 0.170. The normalized spacial score (nSPS) is 22.3. The van der Waals surface area contributed by atoms with Crippen LogP contribution in [-0.4, -0.2) is 26.4 Å². The van der Waals surface area contributed by atoms with Gasteiger partial charge in [0.2, 0.25) is 10.0 Å². The second-order valence-corrected chi connectivity index (χ2v) is 7.98.